The summed E-state index contributed by atoms with van der Waals surface area (Å²) in [5.74, 6) is -2.71. The summed E-state index contributed by atoms with van der Waals surface area (Å²) in [6, 6.07) is -1.11. The summed E-state index contributed by atoms with van der Waals surface area (Å²) >= 11 is 0. The van der Waals surface area contributed by atoms with Crippen molar-refractivity contribution in [3.8, 4) is 0 Å². The Labute approximate surface area is 150 Å². The number of ether oxygens (including phenoxy) is 5. The van der Waals surface area contributed by atoms with E-state index in [1.54, 1.807) is 0 Å². The van der Waals surface area contributed by atoms with Gasteiger partial charge >= 0.3 is 23.9 Å². The van der Waals surface area contributed by atoms with Gasteiger partial charge < -0.3 is 29.4 Å². The lowest BCUT2D eigenvalue weighted by Gasteiger charge is -2.43. The lowest BCUT2D eigenvalue weighted by atomic mass is 9.95. The van der Waals surface area contributed by atoms with Gasteiger partial charge in [-0.15, -0.1) is 12.4 Å². The number of esters is 4. The molecule has 0 aromatic rings. The van der Waals surface area contributed by atoms with Crippen molar-refractivity contribution in [1.82, 2.24) is 0 Å². The van der Waals surface area contributed by atoms with Crippen LogP contribution in [0.1, 0.15) is 27.2 Å². The summed E-state index contributed by atoms with van der Waals surface area (Å²) in [6.45, 7) is 3.43. The summed E-state index contributed by atoms with van der Waals surface area (Å²) in [5.41, 5.74) is 5.92. The molecule has 10 nitrogen and oxygen atoms in total. The van der Waals surface area contributed by atoms with Gasteiger partial charge in [-0.2, -0.15) is 0 Å². The molecule has 1 heterocycles. The predicted molar refractivity (Wildman–Crippen MR) is 83.4 cm³/mol. The monoisotopic (exact) mass is 383 g/mol. The molecular weight excluding hydrogens is 362 g/mol. The highest BCUT2D eigenvalue weighted by Crippen LogP contribution is 2.28. The van der Waals surface area contributed by atoms with Gasteiger partial charge in [-0.1, -0.05) is 0 Å². The van der Waals surface area contributed by atoms with E-state index >= 15 is 0 Å². The Morgan fingerprint density at radius 1 is 0.920 bits per heavy atom. The molecule has 25 heavy (non-hydrogen) atoms. The second-order valence-corrected chi connectivity index (χ2v) is 5.16. The molecule has 144 valence electrons. The van der Waals surface area contributed by atoms with Gasteiger partial charge in [0.1, 0.15) is 12.1 Å². The molecule has 0 aromatic heterocycles. The third-order valence-corrected chi connectivity index (χ3v) is 3.17. The van der Waals surface area contributed by atoms with E-state index < -0.39 is 54.5 Å². The lowest BCUT2D eigenvalue weighted by Crippen LogP contribution is -2.64. The van der Waals surface area contributed by atoms with E-state index in [-0.39, 0.29) is 18.8 Å². The Morgan fingerprint density at radius 3 is 1.84 bits per heavy atom. The molecule has 1 aliphatic rings. The van der Waals surface area contributed by atoms with Crippen LogP contribution in [0.25, 0.3) is 0 Å². The maximum absolute atomic E-state index is 11.6. The maximum Gasteiger partial charge on any atom is 0.308 e. The maximum atomic E-state index is 11.6. The molecule has 5 atom stereocenters. The van der Waals surface area contributed by atoms with Gasteiger partial charge in [0.25, 0.3) is 0 Å². The van der Waals surface area contributed by atoms with E-state index in [4.69, 9.17) is 24.7 Å². The van der Waals surface area contributed by atoms with Crippen LogP contribution in [0.5, 0.6) is 0 Å². The van der Waals surface area contributed by atoms with Crippen molar-refractivity contribution in [3.63, 3.8) is 0 Å². The first-order chi connectivity index (χ1) is 11.1. The van der Waals surface area contributed by atoms with Crippen molar-refractivity contribution in [1.29, 1.82) is 0 Å². The van der Waals surface area contributed by atoms with Crippen LogP contribution < -0.4 is 5.73 Å². The summed E-state index contributed by atoms with van der Waals surface area (Å²) in [6.07, 6.45) is -5.01. The number of hydrogen-bond donors (Lipinski definition) is 1. The van der Waals surface area contributed by atoms with E-state index in [1.807, 2.05) is 0 Å². The fourth-order valence-corrected chi connectivity index (χ4v) is 2.28. The molecule has 0 aliphatic carbocycles. The van der Waals surface area contributed by atoms with E-state index in [0.29, 0.717) is 0 Å². The molecule has 0 spiro atoms. The molecule has 1 fully saturated rings. The summed E-state index contributed by atoms with van der Waals surface area (Å²) in [7, 11) is 1.17. The van der Waals surface area contributed by atoms with E-state index in [2.05, 4.69) is 4.74 Å². The third-order valence-electron chi connectivity index (χ3n) is 3.17. The average molecular weight is 384 g/mol. The summed E-state index contributed by atoms with van der Waals surface area (Å²) in [5, 5.41) is 0. The first-order valence-electron chi connectivity index (χ1n) is 7.15. The van der Waals surface area contributed by atoms with E-state index in [1.165, 1.54) is 7.11 Å². The highest BCUT2D eigenvalue weighted by Gasteiger charge is 2.50. The van der Waals surface area contributed by atoms with Crippen molar-refractivity contribution in [2.45, 2.75) is 57.8 Å². The van der Waals surface area contributed by atoms with Gasteiger partial charge in [-0.25, -0.2) is 0 Å². The van der Waals surface area contributed by atoms with Gasteiger partial charge in [0.15, 0.2) is 12.2 Å². The zero-order valence-corrected chi connectivity index (χ0v) is 15.1. The molecule has 0 saturated carbocycles. The lowest BCUT2D eigenvalue weighted by molar-refractivity contribution is -0.262. The quantitative estimate of drug-likeness (QED) is 0.485. The fourth-order valence-electron chi connectivity index (χ4n) is 2.28. The number of halogens is 1. The number of carbonyl (C=O) groups excluding carboxylic acids is 4. The molecule has 1 unspecified atom stereocenters. The van der Waals surface area contributed by atoms with Crippen molar-refractivity contribution >= 4 is 36.3 Å². The summed E-state index contributed by atoms with van der Waals surface area (Å²) < 4.78 is 25.2. The Balaban J connectivity index is 0.00000576. The highest BCUT2D eigenvalue weighted by molar-refractivity contribution is 5.85. The molecule has 0 radical (unpaired) electrons. The van der Waals surface area contributed by atoms with Crippen molar-refractivity contribution in [2.75, 3.05) is 7.11 Å². The zero-order valence-electron chi connectivity index (χ0n) is 14.3. The second-order valence-electron chi connectivity index (χ2n) is 5.16. The Morgan fingerprint density at radius 2 is 1.40 bits per heavy atom. The van der Waals surface area contributed by atoms with Gasteiger partial charge in [0.05, 0.1) is 13.5 Å². The van der Waals surface area contributed by atoms with E-state index in [0.717, 1.165) is 20.8 Å². The van der Waals surface area contributed by atoms with Crippen LogP contribution in [0.3, 0.4) is 0 Å². The van der Waals surface area contributed by atoms with Gasteiger partial charge in [-0.05, 0) is 0 Å². The minimum absolute atomic E-state index is 0. The highest BCUT2D eigenvalue weighted by atomic mass is 35.5. The minimum atomic E-state index is -1.28. The topological polar surface area (TPSA) is 140 Å². The third kappa shape index (κ3) is 6.85. The molecule has 0 aromatic carbocycles. The number of rotatable bonds is 5. The van der Waals surface area contributed by atoms with Crippen molar-refractivity contribution < 1.29 is 42.9 Å². The van der Waals surface area contributed by atoms with Gasteiger partial charge in [-0.3, -0.25) is 19.2 Å². The van der Waals surface area contributed by atoms with E-state index in [9.17, 15) is 19.2 Å². The molecule has 0 amide bonds. The minimum Gasteiger partial charge on any atom is -0.469 e. The molecule has 2 N–H and O–H groups in total. The first-order valence-corrected chi connectivity index (χ1v) is 7.15. The Kier molecular flexibility index (Phi) is 9.39. The molecule has 0 bridgehead atoms. The molecule has 1 saturated heterocycles. The number of carbonyl (C=O) groups is 4. The largest absolute Gasteiger partial charge is 0.469 e. The van der Waals surface area contributed by atoms with Crippen LogP contribution >= 0.6 is 12.4 Å². The van der Waals surface area contributed by atoms with Gasteiger partial charge in [0, 0.05) is 20.8 Å². The van der Waals surface area contributed by atoms with Crippen LogP contribution in [-0.4, -0.2) is 61.6 Å². The van der Waals surface area contributed by atoms with Crippen LogP contribution in [0, 0.1) is 0 Å². The van der Waals surface area contributed by atoms with Gasteiger partial charge in [0.2, 0.25) is 6.29 Å². The molecule has 1 aliphatic heterocycles. The molecule has 11 heteroatoms. The summed E-state index contributed by atoms with van der Waals surface area (Å²) in [4.78, 5) is 45.4. The Hall–Kier alpha value is -1.91. The molecular formula is C14H22ClNO9. The zero-order chi connectivity index (χ0) is 18.4. The smallest absolute Gasteiger partial charge is 0.308 e. The average Bonchev–Trinajstić information content (AvgIpc) is 2.46. The normalized spacial score (nSPS) is 28.1. The van der Waals surface area contributed by atoms with Crippen LogP contribution in [0.2, 0.25) is 0 Å². The number of hydrogen-bond acceptors (Lipinski definition) is 10. The number of nitrogens with two attached hydrogens (primary N) is 1. The van der Waals surface area contributed by atoms with Crippen LogP contribution in [-0.2, 0) is 42.9 Å². The second kappa shape index (κ2) is 10.2. The van der Waals surface area contributed by atoms with Crippen LogP contribution in [0.4, 0.5) is 0 Å². The fraction of sp³-hybridized carbons (Fsp3) is 0.714. The predicted octanol–water partition coefficient (Wildman–Crippen LogP) is -0.550. The standard InChI is InChI=1S/C14H21NO9.ClH/c1-6(16)21-12-9(5-10(19)20-4)24-14(23-8(3)18)11(15)13(12)22-7(2)17;/h9,11-14H,5,15H2,1-4H3;1H/t9-,11-,12-,13-,14?;/m0./s1. The van der Waals surface area contributed by atoms with Crippen molar-refractivity contribution in [3.05, 3.63) is 0 Å². The Bertz CT molecular complexity index is 513. The molecule has 1 rings (SSSR count). The van der Waals surface area contributed by atoms with Crippen LogP contribution in [0.15, 0.2) is 0 Å². The number of methoxy groups -OCH3 is 1. The first kappa shape index (κ1) is 23.1. The SMILES string of the molecule is COC(=O)C[C@@H]1OC(OC(C)=O)[C@@H](N)[C@H](OC(C)=O)[C@H]1OC(C)=O.Cl. The van der Waals surface area contributed by atoms with Crippen molar-refractivity contribution in [2.24, 2.45) is 5.73 Å².